The van der Waals surface area contributed by atoms with E-state index in [4.69, 9.17) is 0 Å². The van der Waals surface area contributed by atoms with E-state index in [1.165, 1.54) is 43.0 Å². The largest absolute Gasteiger partial charge is 0.400 e. The third-order valence-corrected chi connectivity index (χ3v) is 4.20. The molecule has 0 aliphatic carbocycles. The van der Waals surface area contributed by atoms with Crippen molar-refractivity contribution in [1.82, 2.24) is 0 Å². The number of rotatable bonds is 4. The molecule has 2 heterocycles. The quantitative estimate of drug-likeness (QED) is 0.344. The van der Waals surface area contributed by atoms with E-state index in [1.807, 2.05) is 29.8 Å². The lowest BCUT2D eigenvalue weighted by molar-refractivity contribution is 0.200. The highest BCUT2D eigenvalue weighted by Crippen LogP contribution is 2.14. The van der Waals surface area contributed by atoms with Gasteiger partial charge < -0.3 is 9.68 Å². The van der Waals surface area contributed by atoms with Crippen molar-refractivity contribution >= 4 is 48.7 Å². The van der Waals surface area contributed by atoms with E-state index in [9.17, 15) is 0 Å². The smallest absolute Gasteiger partial charge is 0.162 e. The Bertz CT molecular complexity index is 150. The second kappa shape index (κ2) is 22.2. The molecule has 7 heteroatoms. The summed E-state index contributed by atoms with van der Waals surface area (Å²) in [5, 5.41) is 6.14. The van der Waals surface area contributed by atoms with Crippen LogP contribution in [0.15, 0.2) is 10.3 Å². The monoisotopic (exact) mass is 312 g/mol. The number of hydrogen-bond donors (Lipinski definition) is 0. The average Bonchev–Trinajstić information content (AvgIpc) is 2.22. The van der Waals surface area contributed by atoms with Crippen molar-refractivity contribution in [3.8, 4) is 0 Å². The maximum atomic E-state index is 4.46. The molecular formula is C11H24N2O2S3. The van der Waals surface area contributed by atoms with Crippen molar-refractivity contribution in [3.05, 3.63) is 0 Å². The van der Waals surface area contributed by atoms with E-state index in [2.05, 4.69) is 33.4 Å². The first kappa shape index (κ1) is 20.3. The summed E-state index contributed by atoms with van der Waals surface area (Å²) in [6.45, 7) is 6.12. The van der Waals surface area contributed by atoms with Gasteiger partial charge in [-0.2, -0.15) is 23.5 Å². The van der Waals surface area contributed by atoms with Crippen molar-refractivity contribution in [2.45, 2.75) is 12.8 Å². The summed E-state index contributed by atoms with van der Waals surface area (Å²) in [6.07, 6.45) is 4.86. The highest BCUT2D eigenvalue weighted by Gasteiger charge is 1.95. The molecule has 0 aromatic heterocycles. The lowest BCUT2D eigenvalue weighted by Crippen LogP contribution is -1.94. The summed E-state index contributed by atoms with van der Waals surface area (Å²) in [5.41, 5.74) is 0. The predicted octanol–water partition coefficient (Wildman–Crippen LogP) is 3.43. The van der Waals surface area contributed by atoms with Crippen LogP contribution in [0.5, 0.6) is 0 Å². The number of oxime groups is 2. The van der Waals surface area contributed by atoms with Gasteiger partial charge in [-0.3, -0.25) is 0 Å². The molecule has 2 aliphatic rings. The minimum atomic E-state index is 0.601. The zero-order valence-corrected chi connectivity index (χ0v) is 13.7. The van der Waals surface area contributed by atoms with Crippen LogP contribution in [0.25, 0.3) is 0 Å². The Morgan fingerprint density at radius 1 is 1.06 bits per heavy atom. The van der Waals surface area contributed by atoms with Crippen LogP contribution in [0.3, 0.4) is 0 Å². The maximum absolute atomic E-state index is 4.46. The van der Waals surface area contributed by atoms with Crippen molar-refractivity contribution < 1.29 is 9.68 Å². The first-order valence-electron chi connectivity index (χ1n) is 5.55. The maximum Gasteiger partial charge on any atom is 0.162 e. The van der Waals surface area contributed by atoms with E-state index in [1.54, 1.807) is 11.8 Å². The molecule has 0 saturated carbocycles. The van der Waals surface area contributed by atoms with Gasteiger partial charge in [-0.25, -0.2) is 0 Å². The lowest BCUT2D eigenvalue weighted by atomic mass is 10.6. The van der Waals surface area contributed by atoms with Crippen molar-refractivity contribution in [1.29, 1.82) is 0 Å². The predicted molar refractivity (Wildman–Crippen MR) is 89.5 cm³/mol. The van der Waals surface area contributed by atoms with E-state index in [0.29, 0.717) is 5.94 Å². The summed E-state index contributed by atoms with van der Waals surface area (Å²) < 4.78 is 0. The van der Waals surface area contributed by atoms with Gasteiger partial charge in [0.05, 0.1) is 0 Å². The lowest BCUT2D eigenvalue weighted by Gasteiger charge is -2.05. The van der Waals surface area contributed by atoms with Crippen LogP contribution in [-0.2, 0) is 9.68 Å². The van der Waals surface area contributed by atoms with Crippen LogP contribution in [0.2, 0.25) is 0 Å². The second-order valence-corrected chi connectivity index (χ2v) is 6.17. The minimum Gasteiger partial charge on any atom is -0.400 e. The van der Waals surface area contributed by atoms with Gasteiger partial charge in [-0.15, -0.1) is 22.1 Å². The van der Waals surface area contributed by atoms with Crippen LogP contribution in [0, 0.1) is 0 Å². The Balaban J connectivity index is 0. The topological polar surface area (TPSA) is 43.2 Å². The van der Waals surface area contributed by atoms with Gasteiger partial charge in [-0.1, -0.05) is 0 Å². The summed E-state index contributed by atoms with van der Waals surface area (Å²) >= 11 is 5.64. The third kappa shape index (κ3) is 25.0. The fraction of sp³-hybridized carbons (Fsp3) is 0.818. The summed E-state index contributed by atoms with van der Waals surface area (Å²) in [4.78, 5) is 8.52. The summed E-state index contributed by atoms with van der Waals surface area (Å²) in [5.74, 6) is 6.27. The Labute approximate surface area is 124 Å². The molecule has 0 radical (unpaired) electrons. The van der Waals surface area contributed by atoms with Crippen molar-refractivity contribution in [2.75, 3.05) is 42.3 Å². The zero-order valence-electron chi connectivity index (χ0n) is 11.3. The van der Waals surface area contributed by atoms with Crippen LogP contribution in [0.4, 0.5) is 0 Å². The van der Waals surface area contributed by atoms with Crippen LogP contribution >= 0.6 is 35.3 Å². The van der Waals surface area contributed by atoms with Gasteiger partial charge in [-0.05, 0) is 42.1 Å². The molecule has 0 bridgehead atoms. The molecule has 0 spiro atoms. The van der Waals surface area contributed by atoms with E-state index in [0.717, 1.165) is 0 Å². The van der Waals surface area contributed by atoms with Gasteiger partial charge in [0.2, 0.25) is 0 Å². The molecule has 18 heavy (non-hydrogen) atoms. The number of thioether (sulfide) groups is 3. The van der Waals surface area contributed by atoms with Crippen LogP contribution in [-0.4, -0.2) is 55.8 Å². The first-order chi connectivity index (χ1) is 8.83. The van der Waals surface area contributed by atoms with Gasteiger partial charge in [0.1, 0.15) is 7.11 Å². The molecule has 2 fully saturated rings. The fourth-order valence-corrected chi connectivity index (χ4v) is 1.14. The Hall–Kier alpha value is -0.0100. The molecule has 2 saturated heterocycles. The van der Waals surface area contributed by atoms with Gasteiger partial charge >= 0.3 is 0 Å². The first-order valence-corrected chi connectivity index (χ1v) is 9.25. The van der Waals surface area contributed by atoms with E-state index in [-0.39, 0.29) is 0 Å². The summed E-state index contributed by atoms with van der Waals surface area (Å²) in [7, 11) is 1.45. The second-order valence-electron chi connectivity index (χ2n) is 2.91. The van der Waals surface area contributed by atoms with E-state index >= 15 is 0 Å². The van der Waals surface area contributed by atoms with E-state index < -0.39 is 0 Å². The standard InChI is InChI=1S/C3H7NOS.2C3H6S.C2H5NO/c1-4-5-3-6-2;2*1-2-4-3-1;1-3-4-2/h1,3H2,2H3;2*1-3H2;1H2,2H3. The molecule has 0 aromatic rings. The normalized spacial score (nSPS) is 14.3. The minimum absolute atomic E-state index is 0.601. The zero-order chi connectivity index (χ0) is 13.9. The fourth-order valence-electron chi connectivity index (χ4n) is 0.379. The van der Waals surface area contributed by atoms with Gasteiger partial charge in [0, 0.05) is 13.4 Å². The highest BCUT2D eigenvalue weighted by molar-refractivity contribution is 8.00. The van der Waals surface area contributed by atoms with Crippen molar-refractivity contribution in [3.63, 3.8) is 0 Å². The van der Waals surface area contributed by atoms with Gasteiger partial charge in [0.15, 0.2) is 5.94 Å². The molecule has 108 valence electrons. The Kier molecular flexibility index (Phi) is 25.0. The highest BCUT2D eigenvalue weighted by atomic mass is 32.2. The molecule has 0 N–H and O–H groups in total. The molecule has 0 amide bonds. The molecule has 2 aliphatic heterocycles. The van der Waals surface area contributed by atoms with Crippen LogP contribution in [0.1, 0.15) is 12.8 Å². The SMILES string of the molecule is C1CSC1.C1CSC1.C=NOC.C=NOCSC. The molecular weight excluding hydrogens is 288 g/mol. The molecule has 0 atom stereocenters. The molecule has 0 unspecified atom stereocenters. The average molecular weight is 313 g/mol. The number of hydrogen-bond acceptors (Lipinski definition) is 7. The van der Waals surface area contributed by atoms with Gasteiger partial charge in [0.25, 0.3) is 0 Å². The molecule has 0 aromatic carbocycles. The van der Waals surface area contributed by atoms with Crippen molar-refractivity contribution in [2.24, 2.45) is 10.3 Å². The number of nitrogens with zero attached hydrogens (tertiary/aromatic N) is 2. The molecule has 2 rings (SSSR count). The van der Waals surface area contributed by atoms with Crippen LogP contribution < -0.4 is 0 Å². The third-order valence-electron chi connectivity index (χ3n) is 1.55. The molecule has 4 nitrogen and oxygen atoms in total. The Morgan fingerprint density at radius 3 is 1.44 bits per heavy atom. The summed E-state index contributed by atoms with van der Waals surface area (Å²) in [6, 6.07) is 0. The Morgan fingerprint density at radius 2 is 1.39 bits per heavy atom.